The molecule has 1 aromatic rings. The van der Waals surface area contributed by atoms with Crippen LogP contribution < -0.4 is 0 Å². The number of aryl methyl sites for hydroxylation is 1. The van der Waals surface area contributed by atoms with Crippen molar-refractivity contribution in [3.63, 3.8) is 0 Å². The van der Waals surface area contributed by atoms with Gasteiger partial charge >= 0.3 is 0 Å². The Morgan fingerprint density at radius 2 is 2.33 bits per heavy atom. The molecular weight excluding hydrogens is 148 g/mol. The topological polar surface area (TPSA) is 20.2 Å². The van der Waals surface area contributed by atoms with Crippen LogP contribution in [0.25, 0.3) is 0 Å². The van der Waals surface area contributed by atoms with Gasteiger partial charge in [-0.25, -0.2) is 0 Å². The molecule has 0 saturated carbocycles. The van der Waals surface area contributed by atoms with Crippen LogP contribution in [0.1, 0.15) is 37.5 Å². The van der Waals surface area contributed by atoms with Gasteiger partial charge in [-0.1, -0.05) is 38.1 Å². The van der Waals surface area contributed by atoms with Crippen LogP contribution in [-0.2, 0) is 6.42 Å². The number of hydrogen-bond donors (Lipinski definition) is 1. The standard InChI is InChI=1S/C11H16O/c1-3-9-6-5-7-10(8-9)11(12)4-2/h5-8,11-12H,3-4H2,1-2H3/i12D. The van der Waals surface area contributed by atoms with E-state index in [9.17, 15) is 0 Å². The Morgan fingerprint density at radius 3 is 2.92 bits per heavy atom. The summed E-state index contributed by atoms with van der Waals surface area (Å²) in [5, 5.41) is 4.64. The molecule has 0 heterocycles. The van der Waals surface area contributed by atoms with Crippen LogP contribution in [0.5, 0.6) is 0 Å². The van der Waals surface area contributed by atoms with Crippen LogP contribution in [0.2, 0.25) is 0 Å². The molecule has 0 fully saturated rings. The Labute approximate surface area is 75.5 Å². The summed E-state index contributed by atoms with van der Waals surface area (Å²) < 4.78 is 6.92. The van der Waals surface area contributed by atoms with Crippen molar-refractivity contribution in [2.45, 2.75) is 32.8 Å². The second-order valence-corrected chi connectivity index (χ2v) is 3.00. The molecule has 0 saturated heterocycles. The van der Waals surface area contributed by atoms with Crippen molar-refractivity contribution in [3.8, 4) is 0 Å². The van der Waals surface area contributed by atoms with E-state index < -0.39 is 0 Å². The van der Waals surface area contributed by atoms with E-state index in [4.69, 9.17) is 1.43 Å². The van der Waals surface area contributed by atoms with E-state index >= 15 is 0 Å². The number of rotatable bonds is 4. The summed E-state index contributed by atoms with van der Waals surface area (Å²) in [7, 11) is 0. The highest BCUT2D eigenvalue weighted by Gasteiger charge is 2.03. The highest BCUT2D eigenvalue weighted by atomic mass is 16.3. The first kappa shape index (κ1) is 7.81. The number of benzene rings is 1. The van der Waals surface area contributed by atoms with Crippen LogP contribution >= 0.6 is 0 Å². The maximum Gasteiger partial charge on any atom is 0.211 e. The predicted molar refractivity (Wildman–Crippen MR) is 51.1 cm³/mol. The number of aliphatic hydroxyl groups is 1. The van der Waals surface area contributed by atoms with Crippen LogP contribution in [0.4, 0.5) is 0 Å². The van der Waals surface area contributed by atoms with E-state index in [1.165, 1.54) is 5.56 Å². The summed E-state index contributed by atoms with van der Waals surface area (Å²) in [5.41, 5.74) is 2.41. The molecule has 0 bridgehead atoms. The molecule has 66 valence electrons. The fraction of sp³-hybridized carbons (Fsp3) is 0.455. The van der Waals surface area contributed by atoms with E-state index in [1.807, 2.05) is 19.1 Å². The molecule has 1 heteroatoms. The highest BCUT2D eigenvalue weighted by molar-refractivity contribution is 5.24. The third kappa shape index (κ3) is 2.08. The molecule has 1 rings (SSSR count). The summed E-state index contributed by atoms with van der Waals surface area (Å²) in [6.45, 7) is 4.15. The van der Waals surface area contributed by atoms with Gasteiger partial charge in [0.1, 0.15) is 0 Å². The maximum atomic E-state index is 6.92. The minimum absolute atomic E-state index is 0.0773. The molecule has 1 aromatic carbocycles. The van der Waals surface area contributed by atoms with Gasteiger partial charge < -0.3 is 5.11 Å². The Kier molecular flexibility index (Phi) is 2.78. The van der Waals surface area contributed by atoms with Crippen molar-refractivity contribution >= 4 is 0 Å². The van der Waals surface area contributed by atoms with Gasteiger partial charge in [-0.3, -0.25) is 0 Å². The molecule has 12 heavy (non-hydrogen) atoms. The Hall–Kier alpha value is -0.820. The van der Waals surface area contributed by atoms with Gasteiger partial charge in [-0.05, 0) is 24.0 Å². The SMILES string of the molecule is [2H]OC(CC)c1cccc(CC)c1. The zero-order valence-electron chi connectivity index (χ0n) is 8.71. The van der Waals surface area contributed by atoms with E-state index in [0.717, 1.165) is 18.4 Å². The lowest BCUT2D eigenvalue weighted by Gasteiger charge is -2.08. The molecule has 0 radical (unpaired) electrons. The fourth-order valence-electron chi connectivity index (χ4n) is 1.25. The predicted octanol–water partition coefficient (Wildman–Crippen LogP) is 2.69. The van der Waals surface area contributed by atoms with Gasteiger partial charge in [-0.15, -0.1) is 0 Å². The third-order valence-electron chi connectivity index (χ3n) is 2.10. The average Bonchev–Trinajstić information content (AvgIpc) is 2.20. The van der Waals surface area contributed by atoms with Gasteiger partial charge in [0.25, 0.3) is 0 Å². The Bertz CT molecular complexity index is 256. The average molecular weight is 165 g/mol. The summed E-state index contributed by atoms with van der Waals surface area (Å²) in [5.74, 6) is 0. The highest BCUT2D eigenvalue weighted by Crippen LogP contribution is 2.17. The lowest BCUT2D eigenvalue weighted by Crippen LogP contribution is -1.95. The molecule has 0 aliphatic rings. The van der Waals surface area contributed by atoms with Crippen molar-refractivity contribution in [3.05, 3.63) is 35.4 Å². The molecule has 1 nitrogen and oxygen atoms in total. The summed E-state index contributed by atoms with van der Waals surface area (Å²) in [6.07, 6.45) is 1.80. The zero-order valence-corrected chi connectivity index (χ0v) is 7.71. The van der Waals surface area contributed by atoms with Crippen molar-refractivity contribution < 1.29 is 5.11 Å². The molecule has 1 unspecified atom stereocenters. The lowest BCUT2D eigenvalue weighted by molar-refractivity contribution is 0.173. The summed E-state index contributed by atoms with van der Waals surface area (Å²) in [4.78, 5) is 0. The molecule has 0 amide bonds. The Morgan fingerprint density at radius 1 is 1.50 bits per heavy atom. The molecule has 0 spiro atoms. The van der Waals surface area contributed by atoms with E-state index in [2.05, 4.69) is 24.2 Å². The lowest BCUT2D eigenvalue weighted by atomic mass is 10.0. The number of hydrogen-bond acceptors (Lipinski definition) is 1. The summed E-state index contributed by atoms with van der Waals surface area (Å²) in [6, 6.07) is 8.25. The van der Waals surface area contributed by atoms with Gasteiger partial charge in [0.15, 0.2) is 0 Å². The van der Waals surface area contributed by atoms with E-state index in [0.29, 0.717) is 0 Å². The van der Waals surface area contributed by atoms with Gasteiger partial charge in [-0.2, -0.15) is 0 Å². The molecule has 0 aromatic heterocycles. The second-order valence-electron chi connectivity index (χ2n) is 3.00. The summed E-state index contributed by atoms with van der Waals surface area (Å²) >= 11 is 0. The van der Waals surface area contributed by atoms with Crippen LogP contribution in [0, 0.1) is 0 Å². The second kappa shape index (κ2) is 4.27. The maximum absolute atomic E-state index is 6.92. The van der Waals surface area contributed by atoms with Crippen molar-refractivity contribution in [1.29, 1.82) is 1.43 Å². The first-order valence-corrected chi connectivity index (χ1v) is 4.52. The molecule has 0 aliphatic heterocycles. The van der Waals surface area contributed by atoms with E-state index in [1.54, 1.807) is 0 Å². The Balaban J connectivity index is 2.86. The molecule has 0 aliphatic carbocycles. The van der Waals surface area contributed by atoms with Crippen LogP contribution in [0.3, 0.4) is 0 Å². The van der Waals surface area contributed by atoms with Gasteiger partial charge in [0.2, 0.25) is 1.43 Å². The largest absolute Gasteiger partial charge is 0.388 e. The zero-order chi connectivity index (χ0) is 9.68. The molecule has 1 atom stereocenters. The van der Waals surface area contributed by atoms with E-state index in [-0.39, 0.29) is 6.10 Å². The smallest absolute Gasteiger partial charge is 0.211 e. The van der Waals surface area contributed by atoms with Crippen molar-refractivity contribution in [2.24, 2.45) is 0 Å². The van der Waals surface area contributed by atoms with Gasteiger partial charge in [0, 0.05) is 0 Å². The van der Waals surface area contributed by atoms with Crippen molar-refractivity contribution in [2.75, 3.05) is 0 Å². The minimum atomic E-state index is -0.0773. The van der Waals surface area contributed by atoms with Crippen LogP contribution in [-0.4, -0.2) is 6.54 Å². The third-order valence-corrected chi connectivity index (χ3v) is 2.10. The normalized spacial score (nSPS) is 14.0. The quantitative estimate of drug-likeness (QED) is 0.727. The molecular formula is C11H16O. The first-order chi connectivity index (χ1) is 6.31. The van der Waals surface area contributed by atoms with Crippen LogP contribution in [0.15, 0.2) is 24.3 Å². The minimum Gasteiger partial charge on any atom is -0.388 e. The monoisotopic (exact) mass is 165 g/mol. The van der Waals surface area contributed by atoms with Crippen molar-refractivity contribution in [1.82, 2.24) is 0 Å². The number of aliphatic hydroxyl groups excluding tert-OH is 1. The van der Waals surface area contributed by atoms with Gasteiger partial charge in [0.05, 0.1) is 6.10 Å². The first-order valence-electron chi connectivity index (χ1n) is 4.93. The molecule has 1 N–H and O–H groups in total. The fourth-order valence-corrected chi connectivity index (χ4v) is 1.25.